The van der Waals surface area contributed by atoms with Gasteiger partial charge in [-0.25, -0.2) is 4.68 Å². The Morgan fingerprint density at radius 1 is 1.38 bits per heavy atom. The van der Waals surface area contributed by atoms with E-state index in [2.05, 4.69) is 0 Å². The average Bonchev–Trinajstić information content (AvgIpc) is 2.31. The van der Waals surface area contributed by atoms with Crippen LogP contribution in [0.4, 0.5) is 5.69 Å². The summed E-state index contributed by atoms with van der Waals surface area (Å²) < 4.78 is 3.55. The van der Waals surface area contributed by atoms with Gasteiger partial charge in [-0.3, -0.25) is 9.48 Å². The molecule has 0 fully saturated rings. The van der Waals surface area contributed by atoms with Crippen LogP contribution in [0.3, 0.4) is 0 Å². The van der Waals surface area contributed by atoms with Crippen molar-refractivity contribution in [2.75, 3.05) is 5.73 Å². The largest absolute Gasteiger partial charge is 0.393 e. The molecule has 0 aliphatic heterocycles. The van der Waals surface area contributed by atoms with Crippen LogP contribution in [0.15, 0.2) is 4.79 Å². The predicted octanol–water partition coefficient (Wildman–Crippen LogP) is 0.741. The minimum Gasteiger partial charge on any atom is -0.393 e. The second-order valence-electron chi connectivity index (χ2n) is 3.17. The first kappa shape index (κ1) is 9.89. The van der Waals surface area contributed by atoms with Gasteiger partial charge >= 0.3 is 0 Å². The van der Waals surface area contributed by atoms with Gasteiger partial charge in [-0.15, -0.1) is 0 Å². The molecule has 0 saturated heterocycles. The van der Waals surface area contributed by atoms with E-state index < -0.39 is 0 Å². The lowest BCUT2D eigenvalue weighted by Crippen LogP contribution is -2.22. The molecular formula is C9H17N3O. The van der Waals surface area contributed by atoms with Gasteiger partial charge in [0.15, 0.2) is 0 Å². The lowest BCUT2D eigenvalue weighted by atomic mass is 10.3. The molecule has 74 valence electrons. The van der Waals surface area contributed by atoms with E-state index in [0.717, 1.165) is 25.1 Å². The summed E-state index contributed by atoms with van der Waals surface area (Å²) in [7, 11) is 1.88. The zero-order chi connectivity index (χ0) is 10.0. The molecule has 1 aromatic rings. The summed E-state index contributed by atoms with van der Waals surface area (Å²) in [5, 5.41) is 0. The predicted molar refractivity (Wildman–Crippen MR) is 53.8 cm³/mol. The summed E-state index contributed by atoms with van der Waals surface area (Å²) >= 11 is 0. The fraction of sp³-hybridized carbons (Fsp3) is 0.667. The van der Waals surface area contributed by atoms with Crippen molar-refractivity contribution in [2.24, 2.45) is 7.05 Å². The van der Waals surface area contributed by atoms with Gasteiger partial charge in [0, 0.05) is 13.6 Å². The van der Waals surface area contributed by atoms with E-state index in [0.29, 0.717) is 5.69 Å². The van der Waals surface area contributed by atoms with Gasteiger partial charge in [0.05, 0.1) is 5.69 Å². The van der Waals surface area contributed by atoms with E-state index in [1.807, 2.05) is 25.6 Å². The molecule has 0 bridgehead atoms. The molecule has 0 unspecified atom stereocenters. The highest BCUT2D eigenvalue weighted by atomic mass is 16.1. The first-order valence-electron chi connectivity index (χ1n) is 4.67. The molecule has 0 radical (unpaired) electrons. The van der Waals surface area contributed by atoms with Crippen LogP contribution in [0.25, 0.3) is 0 Å². The standard InChI is InChI=1S/C9H17N3O/c1-4-6-12-9(13)8(10)7(5-2)11(12)3/h4-6,10H2,1-3H3. The van der Waals surface area contributed by atoms with Crippen LogP contribution in [0.5, 0.6) is 0 Å². The normalized spacial score (nSPS) is 10.7. The van der Waals surface area contributed by atoms with Crippen LogP contribution < -0.4 is 11.3 Å². The van der Waals surface area contributed by atoms with Crippen molar-refractivity contribution in [3.05, 3.63) is 16.0 Å². The topological polar surface area (TPSA) is 52.9 Å². The number of hydrogen-bond donors (Lipinski definition) is 1. The fourth-order valence-electron chi connectivity index (χ4n) is 1.60. The van der Waals surface area contributed by atoms with Crippen LogP contribution in [-0.4, -0.2) is 9.36 Å². The number of rotatable bonds is 3. The number of nitrogen functional groups attached to an aromatic ring is 1. The fourth-order valence-corrected chi connectivity index (χ4v) is 1.60. The Labute approximate surface area is 77.9 Å². The Morgan fingerprint density at radius 3 is 2.38 bits per heavy atom. The van der Waals surface area contributed by atoms with Crippen LogP contribution in [0.2, 0.25) is 0 Å². The summed E-state index contributed by atoms with van der Waals surface area (Å²) in [6.45, 7) is 4.78. The molecule has 0 aliphatic carbocycles. The molecular weight excluding hydrogens is 166 g/mol. The number of hydrogen-bond acceptors (Lipinski definition) is 2. The molecule has 4 nitrogen and oxygen atoms in total. The van der Waals surface area contributed by atoms with Crippen molar-refractivity contribution >= 4 is 5.69 Å². The van der Waals surface area contributed by atoms with Gasteiger partial charge < -0.3 is 5.73 Å². The molecule has 0 aliphatic rings. The third-order valence-electron chi connectivity index (χ3n) is 2.30. The Kier molecular flexibility index (Phi) is 2.80. The number of nitrogens with zero attached hydrogens (tertiary/aromatic N) is 2. The summed E-state index contributed by atoms with van der Waals surface area (Å²) in [4.78, 5) is 11.6. The molecule has 13 heavy (non-hydrogen) atoms. The molecule has 0 saturated carbocycles. The third kappa shape index (κ3) is 1.48. The molecule has 0 atom stereocenters. The monoisotopic (exact) mass is 183 g/mol. The molecule has 1 rings (SSSR count). The summed E-state index contributed by atoms with van der Waals surface area (Å²) in [5.41, 5.74) is 6.97. The first-order valence-corrected chi connectivity index (χ1v) is 4.67. The van der Waals surface area contributed by atoms with E-state index in [9.17, 15) is 4.79 Å². The maximum Gasteiger partial charge on any atom is 0.290 e. The van der Waals surface area contributed by atoms with Crippen LogP contribution in [0, 0.1) is 0 Å². The van der Waals surface area contributed by atoms with E-state index in [1.165, 1.54) is 0 Å². The summed E-state index contributed by atoms with van der Waals surface area (Å²) in [5.74, 6) is 0. The van der Waals surface area contributed by atoms with Crippen molar-refractivity contribution in [1.82, 2.24) is 9.36 Å². The van der Waals surface area contributed by atoms with Crippen molar-refractivity contribution in [3.63, 3.8) is 0 Å². The van der Waals surface area contributed by atoms with Crippen molar-refractivity contribution < 1.29 is 0 Å². The maximum atomic E-state index is 11.6. The second-order valence-corrected chi connectivity index (χ2v) is 3.17. The van der Waals surface area contributed by atoms with Crippen LogP contribution >= 0.6 is 0 Å². The number of anilines is 1. The van der Waals surface area contributed by atoms with Gasteiger partial charge in [0.2, 0.25) is 0 Å². The van der Waals surface area contributed by atoms with Gasteiger partial charge in [-0.1, -0.05) is 13.8 Å². The number of nitrogens with two attached hydrogens (primary N) is 1. The van der Waals surface area contributed by atoms with Crippen LogP contribution in [0.1, 0.15) is 26.0 Å². The first-order chi connectivity index (χ1) is 6.13. The minimum absolute atomic E-state index is 0.0544. The lowest BCUT2D eigenvalue weighted by molar-refractivity contribution is 0.478. The Bertz CT molecular complexity index is 348. The smallest absolute Gasteiger partial charge is 0.290 e. The SMILES string of the molecule is CCCn1c(=O)c(N)c(CC)n1C. The third-order valence-corrected chi connectivity index (χ3v) is 2.30. The van der Waals surface area contributed by atoms with Gasteiger partial charge in [0.25, 0.3) is 5.56 Å². The quantitative estimate of drug-likeness (QED) is 0.751. The summed E-state index contributed by atoms with van der Waals surface area (Å²) in [6, 6.07) is 0. The Balaban J connectivity index is 3.28. The minimum atomic E-state index is -0.0544. The Hall–Kier alpha value is -1.19. The van der Waals surface area contributed by atoms with E-state index >= 15 is 0 Å². The van der Waals surface area contributed by atoms with E-state index in [1.54, 1.807) is 4.68 Å². The Morgan fingerprint density at radius 2 is 2.00 bits per heavy atom. The molecule has 1 aromatic heterocycles. The lowest BCUT2D eigenvalue weighted by Gasteiger charge is -2.06. The molecule has 4 heteroatoms. The molecule has 0 spiro atoms. The summed E-state index contributed by atoms with van der Waals surface area (Å²) in [6.07, 6.45) is 1.74. The van der Waals surface area contributed by atoms with Gasteiger partial charge in [0.1, 0.15) is 5.69 Å². The van der Waals surface area contributed by atoms with Crippen molar-refractivity contribution in [1.29, 1.82) is 0 Å². The number of aromatic nitrogens is 2. The molecule has 0 amide bonds. The highest BCUT2D eigenvalue weighted by Crippen LogP contribution is 2.07. The molecule has 2 N–H and O–H groups in total. The zero-order valence-electron chi connectivity index (χ0n) is 8.50. The van der Waals surface area contributed by atoms with Crippen molar-refractivity contribution in [3.8, 4) is 0 Å². The average molecular weight is 183 g/mol. The van der Waals surface area contributed by atoms with Gasteiger partial charge in [-0.2, -0.15) is 0 Å². The van der Waals surface area contributed by atoms with E-state index in [-0.39, 0.29) is 5.56 Å². The molecule has 0 aromatic carbocycles. The van der Waals surface area contributed by atoms with Crippen LogP contribution in [-0.2, 0) is 20.0 Å². The maximum absolute atomic E-state index is 11.6. The zero-order valence-corrected chi connectivity index (χ0v) is 8.50. The van der Waals surface area contributed by atoms with E-state index in [4.69, 9.17) is 5.73 Å². The highest BCUT2D eigenvalue weighted by Gasteiger charge is 2.12. The molecule has 1 heterocycles. The van der Waals surface area contributed by atoms with Crippen molar-refractivity contribution in [2.45, 2.75) is 33.2 Å². The van der Waals surface area contributed by atoms with Gasteiger partial charge in [-0.05, 0) is 12.8 Å². The second kappa shape index (κ2) is 3.68. The highest BCUT2D eigenvalue weighted by molar-refractivity contribution is 5.41.